The molecule has 0 unspecified atom stereocenters. The van der Waals surface area contributed by atoms with Gasteiger partial charge in [-0.1, -0.05) is 11.6 Å². The SMILES string of the molecule is CCOC1CC(Nc2cc(Cl)c(F)cc2N)C1. The van der Waals surface area contributed by atoms with E-state index in [1.54, 1.807) is 0 Å². The summed E-state index contributed by atoms with van der Waals surface area (Å²) in [5.74, 6) is -0.490. The number of ether oxygens (including phenoxy) is 1. The molecule has 1 aliphatic rings. The summed E-state index contributed by atoms with van der Waals surface area (Å²) in [7, 11) is 0. The average Bonchev–Trinajstić information content (AvgIpc) is 2.22. The number of nitrogens with one attached hydrogen (secondary N) is 1. The maximum atomic E-state index is 13.1. The number of nitrogen functional groups attached to an aromatic ring is 1. The minimum atomic E-state index is -0.490. The summed E-state index contributed by atoms with van der Waals surface area (Å²) in [4.78, 5) is 0. The van der Waals surface area contributed by atoms with E-state index in [0.29, 0.717) is 23.5 Å². The topological polar surface area (TPSA) is 47.3 Å². The number of halogens is 2. The molecule has 1 aromatic rings. The molecule has 0 heterocycles. The van der Waals surface area contributed by atoms with Crippen molar-refractivity contribution in [1.82, 2.24) is 0 Å². The molecule has 94 valence electrons. The molecule has 0 spiro atoms. The number of anilines is 2. The van der Waals surface area contributed by atoms with Gasteiger partial charge in [0.15, 0.2) is 0 Å². The summed E-state index contributed by atoms with van der Waals surface area (Å²) in [5.41, 5.74) is 6.79. The second kappa shape index (κ2) is 5.10. The fourth-order valence-electron chi connectivity index (χ4n) is 1.96. The number of hydrogen-bond donors (Lipinski definition) is 2. The largest absolute Gasteiger partial charge is 0.397 e. The fraction of sp³-hybridized carbons (Fsp3) is 0.500. The highest BCUT2D eigenvalue weighted by molar-refractivity contribution is 6.31. The van der Waals surface area contributed by atoms with Crippen LogP contribution in [0.15, 0.2) is 12.1 Å². The van der Waals surface area contributed by atoms with Crippen LogP contribution in [0.3, 0.4) is 0 Å². The Bertz CT molecular complexity index is 408. The molecule has 0 saturated heterocycles. The lowest BCUT2D eigenvalue weighted by Crippen LogP contribution is -2.40. The molecule has 1 fully saturated rings. The fourth-order valence-corrected chi connectivity index (χ4v) is 2.13. The third-order valence-corrected chi connectivity index (χ3v) is 3.24. The Kier molecular flexibility index (Phi) is 3.74. The van der Waals surface area contributed by atoms with Crippen LogP contribution < -0.4 is 11.1 Å². The van der Waals surface area contributed by atoms with Gasteiger partial charge in [-0.3, -0.25) is 0 Å². The molecule has 1 aliphatic carbocycles. The van der Waals surface area contributed by atoms with E-state index in [4.69, 9.17) is 22.1 Å². The van der Waals surface area contributed by atoms with Crippen LogP contribution in [0.2, 0.25) is 5.02 Å². The van der Waals surface area contributed by atoms with E-state index in [9.17, 15) is 4.39 Å². The van der Waals surface area contributed by atoms with E-state index < -0.39 is 5.82 Å². The third kappa shape index (κ3) is 2.82. The predicted molar refractivity (Wildman–Crippen MR) is 67.9 cm³/mol. The summed E-state index contributed by atoms with van der Waals surface area (Å²) in [5, 5.41) is 3.33. The van der Waals surface area contributed by atoms with Gasteiger partial charge in [0, 0.05) is 18.7 Å². The minimum Gasteiger partial charge on any atom is -0.397 e. The number of benzene rings is 1. The van der Waals surface area contributed by atoms with Gasteiger partial charge in [-0.15, -0.1) is 0 Å². The molecule has 0 radical (unpaired) electrons. The van der Waals surface area contributed by atoms with Gasteiger partial charge in [-0.2, -0.15) is 0 Å². The summed E-state index contributed by atoms with van der Waals surface area (Å²) in [6, 6.07) is 3.10. The Morgan fingerprint density at radius 2 is 2.24 bits per heavy atom. The second-order valence-electron chi connectivity index (χ2n) is 4.24. The third-order valence-electron chi connectivity index (χ3n) is 2.95. The van der Waals surface area contributed by atoms with Gasteiger partial charge in [0.2, 0.25) is 0 Å². The van der Waals surface area contributed by atoms with Crippen molar-refractivity contribution in [3.05, 3.63) is 23.0 Å². The van der Waals surface area contributed by atoms with Crippen molar-refractivity contribution >= 4 is 23.0 Å². The highest BCUT2D eigenvalue weighted by atomic mass is 35.5. The Labute approximate surface area is 105 Å². The van der Waals surface area contributed by atoms with Gasteiger partial charge < -0.3 is 15.8 Å². The summed E-state index contributed by atoms with van der Waals surface area (Å²) in [6.45, 7) is 2.72. The van der Waals surface area contributed by atoms with Crippen molar-refractivity contribution < 1.29 is 9.13 Å². The van der Waals surface area contributed by atoms with E-state index in [1.165, 1.54) is 12.1 Å². The van der Waals surface area contributed by atoms with Crippen molar-refractivity contribution in [1.29, 1.82) is 0 Å². The lowest BCUT2D eigenvalue weighted by atomic mass is 9.89. The molecule has 0 atom stereocenters. The summed E-state index contributed by atoms with van der Waals surface area (Å²) < 4.78 is 18.6. The molecule has 0 aliphatic heterocycles. The van der Waals surface area contributed by atoms with Crippen LogP contribution in [-0.4, -0.2) is 18.8 Å². The molecule has 3 N–H and O–H groups in total. The van der Waals surface area contributed by atoms with Crippen molar-refractivity contribution in [2.24, 2.45) is 0 Å². The van der Waals surface area contributed by atoms with E-state index >= 15 is 0 Å². The van der Waals surface area contributed by atoms with Crippen LogP contribution in [0.25, 0.3) is 0 Å². The molecule has 0 aromatic heterocycles. The first-order valence-electron chi connectivity index (χ1n) is 5.72. The van der Waals surface area contributed by atoms with Gasteiger partial charge in [0.05, 0.1) is 22.5 Å². The van der Waals surface area contributed by atoms with Gasteiger partial charge in [0.25, 0.3) is 0 Å². The molecule has 1 saturated carbocycles. The van der Waals surface area contributed by atoms with Crippen LogP contribution in [0.5, 0.6) is 0 Å². The van der Waals surface area contributed by atoms with Gasteiger partial charge >= 0.3 is 0 Å². The van der Waals surface area contributed by atoms with Gasteiger partial charge in [-0.25, -0.2) is 4.39 Å². The zero-order valence-electron chi connectivity index (χ0n) is 9.67. The van der Waals surface area contributed by atoms with Crippen LogP contribution in [-0.2, 0) is 4.74 Å². The normalized spacial score (nSPS) is 23.2. The highest BCUT2D eigenvalue weighted by Gasteiger charge is 2.29. The quantitative estimate of drug-likeness (QED) is 0.816. The van der Waals surface area contributed by atoms with Crippen LogP contribution in [0, 0.1) is 5.82 Å². The summed E-state index contributed by atoms with van der Waals surface area (Å²) >= 11 is 5.71. The average molecular weight is 259 g/mol. The number of nitrogens with two attached hydrogens (primary N) is 1. The van der Waals surface area contributed by atoms with Crippen LogP contribution >= 0.6 is 11.6 Å². The van der Waals surface area contributed by atoms with Gasteiger partial charge in [-0.05, 0) is 25.8 Å². The van der Waals surface area contributed by atoms with Crippen molar-refractivity contribution in [3.8, 4) is 0 Å². The number of rotatable bonds is 4. The lowest BCUT2D eigenvalue weighted by Gasteiger charge is -2.36. The zero-order valence-corrected chi connectivity index (χ0v) is 10.4. The Morgan fingerprint density at radius 3 is 2.88 bits per heavy atom. The molecule has 3 nitrogen and oxygen atoms in total. The molecule has 1 aromatic carbocycles. The van der Waals surface area contributed by atoms with Gasteiger partial charge in [0.1, 0.15) is 5.82 Å². The van der Waals surface area contributed by atoms with Crippen LogP contribution in [0.1, 0.15) is 19.8 Å². The zero-order chi connectivity index (χ0) is 12.4. The number of hydrogen-bond acceptors (Lipinski definition) is 3. The Hall–Kier alpha value is -1.00. The van der Waals surface area contributed by atoms with E-state index in [-0.39, 0.29) is 5.02 Å². The molecule has 17 heavy (non-hydrogen) atoms. The molecule has 0 amide bonds. The van der Waals surface area contributed by atoms with Crippen molar-refractivity contribution in [2.45, 2.75) is 31.9 Å². The Balaban J connectivity index is 1.94. The molecule has 5 heteroatoms. The first kappa shape index (κ1) is 12.5. The molecule has 0 bridgehead atoms. The second-order valence-corrected chi connectivity index (χ2v) is 4.65. The van der Waals surface area contributed by atoms with E-state index in [0.717, 1.165) is 19.4 Å². The Morgan fingerprint density at radius 1 is 1.53 bits per heavy atom. The maximum Gasteiger partial charge on any atom is 0.143 e. The first-order chi connectivity index (χ1) is 8.10. The van der Waals surface area contributed by atoms with Crippen LogP contribution in [0.4, 0.5) is 15.8 Å². The standard InChI is InChI=1S/C12H16ClFN2O/c1-2-17-8-3-7(4-8)16-12-5-9(13)10(14)6-11(12)15/h5-8,16H,2-4,15H2,1H3. The smallest absolute Gasteiger partial charge is 0.143 e. The monoisotopic (exact) mass is 258 g/mol. The highest BCUT2D eigenvalue weighted by Crippen LogP contribution is 2.31. The van der Waals surface area contributed by atoms with Crippen molar-refractivity contribution in [2.75, 3.05) is 17.7 Å². The maximum absolute atomic E-state index is 13.1. The minimum absolute atomic E-state index is 0.0855. The molecule has 2 rings (SSSR count). The van der Waals surface area contributed by atoms with E-state index in [2.05, 4.69) is 5.32 Å². The lowest BCUT2D eigenvalue weighted by molar-refractivity contribution is 0.00300. The predicted octanol–water partition coefficient (Wildman–Crippen LogP) is 3.04. The first-order valence-corrected chi connectivity index (χ1v) is 6.10. The van der Waals surface area contributed by atoms with E-state index in [1.807, 2.05) is 6.92 Å². The summed E-state index contributed by atoms with van der Waals surface area (Å²) in [6.07, 6.45) is 2.22. The van der Waals surface area contributed by atoms with Crippen molar-refractivity contribution in [3.63, 3.8) is 0 Å². The molecular weight excluding hydrogens is 243 g/mol. The molecular formula is C12H16ClFN2O.